The predicted octanol–water partition coefficient (Wildman–Crippen LogP) is 2.29. The van der Waals surface area contributed by atoms with Crippen molar-refractivity contribution < 1.29 is 4.79 Å². The number of rotatable bonds is 6. The molecule has 2 aliphatic rings. The molecule has 0 radical (unpaired) electrons. The maximum absolute atomic E-state index is 12.2. The minimum absolute atomic E-state index is 0.0841. The molecule has 0 bridgehead atoms. The van der Waals surface area contributed by atoms with Crippen LogP contribution in [-0.2, 0) is 4.79 Å². The lowest BCUT2D eigenvalue weighted by Gasteiger charge is -2.33. The number of likely N-dealkylation sites (tertiary alicyclic amines) is 1. The predicted molar refractivity (Wildman–Crippen MR) is 87.4 cm³/mol. The van der Waals surface area contributed by atoms with E-state index in [4.69, 9.17) is 0 Å². The monoisotopic (exact) mass is 295 g/mol. The lowest BCUT2D eigenvalue weighted by Crippen LogP contribution is -2.50. The van der Waals surface area contributed by atoms with Crippen LogP contribution in [-0.4, -0.2) is 48.6 Å². The van der Waals surface area contributed by atoms with Gasteiger partial charge in [-0.3, -0.25) is 9.69 Å². The van der Waals surface area contributed by atoms with Crippen molar-refractivity contribution in [1.29, 1.82) is 0 Å². The summed E-state index contributed by atoms with van der Waals surface area (Å²) < 4.78 is 0. The van der Waals surface area contributed by atoms with Crippen LogP contribution in [0.2, 0.25) is 0 Å². The summed E-state index contributed by atoms with van der Waals surface area (Å²) in [6.45, 7) is 7.58. The largest absolute Gasteiger partial charge is 0.352 e. The molecule has 1 amide bonds. The highest BCUT2D eigenvalue weighted by molar-refractivity contribution is 5.81. The van der Waals surface area contributed by atoms with Gasteiger partial charge in [-0.2, -0.15) is 0 Å². The highest BCUT2D eigenvalue weighted by Crippen LogP contribution is 2.17. The third-order valence-electron chi connectivity index (χ3n) is 5.08. The van der Waals surface area contributed by atoms with E-state index in [0.717, 1.165) is 19.4 Å². The zero-order valence-corrected chi connectivity index (χ0v) is 13.9. The second-order valence-electron chi connectivity index (χ2n) is 6.92. The molecular weight excluding hydrogens is 262 g/mol. The molecule has 0 aromatic carbocycles. The van der Waals surface area contributed by atoms with E-state index in [1.54, 1.807) is 0 Å². The second-order valence-corrected chi connectivity index (χ2v) is 6.92. The first-order valence-electron chi connectivity index (χ1n) is 8.94. The van der Waals surface area contributed by atoms with Gasteiger partial charge in [0.25, 0.3) is 0 Å². The van der Waals surface area contributed by atoms with E-state index in [0.29, 0.717) is 12.1 Å². The van der Waals surface area contributed by atoms with Crippen molar-refractivity contribution in [1.82, 2.24) is 15.5 Å². The SMILES string of the molecule is CC(NCC(C)N1CCCCC1)C(=O)NC1CCCCC1. The molecule has 1 saturated carbocycles. The average molecular weight is 295 g/mol. The molecule has 2 unspecified atom stereocenters. The number of amides is 1. The molecule has 1 saturated heterocycles. The van der Waals surface area contributed by atoms with E-state index in [9.17, 15) is 4.79 Å². The van der Waals surface area contributed by atoms with Gasteiger partial charge < -0.3 is 10.6 Å². The molecule has 4 heteroatoms. The molecule has 0 aromatic heterocycles. The quantitative estimate of drug-likeness (QED) is 0.790. The number of nitrogens with one attached hydrogen (secondary N) is 2. The molecule has 1 aliphatic carbocycles. The van der Waals surface area contributed by atoms with Crippen LogP contribution < -0.4 is 10.6 Å². The van der Waals surface area contributed by atoms with E-state index in [-0.39, 0.29) is 11.9 Å². The van der Waals surface area contributed by atoms with Crippen molar-refractivity contribution in [2.45, 2.75) is 83.3 Å². The summed E-state index contributed by atoms with van der Waals surface area (Å²) in [5.41, 5.74) is 0. The zero-order chi connectivity index (χ0) is 15.1. The van der Waals surface area contributed by atoms with Crippen LogP contribution in [0.15, 0.2) is 0 Å². The maximum atomic E-state index is 12.2. The fourth-order valence-electron chi connectivity index (χ4n) is 3.50. The van der Waals surface area contributed by atoms with Gasteiger partial charge in [-0.1, -0.05) is 25.7 Å². The van der Waals surface area contributed by atoms with Gasteiger partial charge in [0.2, 0.25) is 5.91 Å². The fourth-order valence-corrected chi connectivity index (χ4v) is 3.50. The van der Waals surface area contributed by atoms with Gasteiger partial charge in [-0.05, 0) is 52.6 Å². The van der Waals surface area contributed by atoms with Crippen molar-refractivity contribution in [3.8, 4) is 0 Å². The zero-order valence-electron chi connectivity index (χ0n) is 13.9. The molecule has 2 fully saturated rings. The number of hydrogen-bond donors (Lipinski definition) is 2. The van der Waals surface area contributed by atoms with E-state index < -0.39 is 0 Å². The Morgan fingerprint density at radius 3 is 2.33 bits per heavy atom. The van der Waals surface area contributed by atoms with E-state index in [1.165, 1.54) is 51.6 Å². The lowest BCUT2D eigenvalue weighted by atomic mass is 9.95. The first-order valence-corrected chi connectivity index (χ1v) is 8.94. The van der Waals surface area contributed by atoms with E-state index >= 15 is 0 Å². The Labute approximate surface area is 130 Å². The van der Waals surface area contributed by atoms with Crippen LogP contribution >= 0.6 is 0 Å². The smallest absolute Gasteiger partial charge is 0.237 e. The van der Waals surface area contributed by atoms with Crippen LogP contribution in [0, 0.1) is 0 Å². The highest BCUT2D eigenvalue weighted by atomic mass is 16.2. The van der Waals surface area contributed by atoms with Crippen LogP contribution in [0.5, 0.6) is 0 Å². The van der Waals surface area contributed by atoms with Gasteiger partial charge in [0, 0.05) is 18.6 Å². The Morgan fingerprint density at radius 1 is 1.05 bits per heavy atom. The molecule has 2 atom stereocenters. The highest BCUT2D eigenvalue weighted by Gasteiger charge is 2.21. The Bertz CT molecular complexity index is 309. The molecule has 0 aromatic rings. The number of hydrogen-bond acceptors (Lipinski definition) is 3. The minimum atomic E-state index is -0.0841. The summed E-state index contributed by atoms with van der Waals surface area (Å²) in [5, 5.41) is 6.62. The van der Waals surface area contributed by atoms with Crippen molar-refractivity contribution in [2.75, 3.05) is 19.6 Å². The molecule has 4 nitrogen and oxygen atoms in total. The molecule has 122 valence electrons. The first-order chi connectivity index (χ1) is 10.2. The lowest BCUT2D eigenvalue weighted by molar-refractivity contribution is -0.123. The third kappa shape index (κ3) is 5.59. The number of piperidine rings is 1. The second kappa shape index (κ2) is 8.74. The van der Waals surface area contributed by atoms with Crippen LogP contribution in [0.1, 0.15) is 65.2 Å². The van der Waals surface area contributed by atoms with Crippen LogP contribution in [0.3, 0.4) is 0 Å². The molecule has 2 N–H and O–H groups in total. The summed E-state index contributed by atoms with van der Waals surface area (Å²) in [6, 6.07) is 0.851. The van der Waals surface area contributed by atoms with Crippen LogP contribution in [0.25, 0.3) is 0 Å². The molecule has 2 rings (SSSR count). The third-order valence-corrected chi connectivity index (χ3v) is 5.08. The normalized spacial score (nSPS) is 24.5. The van der Waals surface area contributed by atoms with Gasteiger partial charge in [0.1, 0.15) is 0 Å². The number of carbonyl (C=O) groups is 1. The molecule has 1 aliphatic heterocycles. The average Bonchev–Trinajstić information content (AvgIpc) is 2.54. The standard InChI is InChI=1S/C17H33N3O/c1-14(20-11-7-4-8-12-20)13-18-15(2)17(21)19-16-9-5-3-6-10-16/h14-16,18H,3-13H2,1-2H3,(H,19,21). The first kappa shape index (κ1) is 16.8. The summed E-state index contributed by atoms with van der Waals surface area (Å²) in [7, 11) is 0. The van der Waals surface area contributed by atoms with E-state index in [1.807, 2.05) is 6.92 Å². The van der Waals surface area contributed by atoms with Gasteiger partial charge in [-0.15, -0.1) is 0 Å². The van der Waals surface area contributed by atoms with Crippen LogP contribution in [0.4, 0.5) is 0 Å². The van der Waals surface area contributed by atoms with Crippen molar-refractivity contribution in [2.24, 2.45) is 0 Å². The van der Waals surface area contributed by atoms with Crippen molar-refractivity contribution in [3.63, 3.8) is 0 Å². The van der Waals surface area contributed by atoms with Crippen molar-refractivity contribution >= 4 is 5.91 Å². The molecule has 1 heterocycles. The summed E-state index contributed by atoms with van der Waals surface area (Å²) >= 11 is 0. The minimum Gasteiger partial charge on any atom is -0.352 e. The van der Waals surface area contributed by atoms with E-state index in [2.05, 4.69) is 22.5 Å². The Balaban J connectivity index is 1.65. The maximum Gasteiger partial charge on any atom is 0.237 e. The number of nitrogens with zero attached hydrogens (tertiary/aromatic N) is 1. The number of carbonyl (C=O) groups excluding carboxylic acids is 1. The van der Waals surface area contributed by atoms with Gasteiger partial charge in [-0.25, -0.2) is 0 Å². The summed E-state index contributed by atoms with van der Waals surface area (Å²) in [5.74, 6) is 0.174. The topological polar surface area (TPSA) is 44.4 Å². The summed E-state index contributed by atoms with van der Waals surface area (Å²) in [6.07, 6.45) is 10.2. The molecule has 0 spiro atoms. The Kier molecular flexibility index (Phi) is 6.97. The molecular formula is C17H33N3O. The Hall–Kier alpha value is -0.610. The fraction of sp³-hybridized carbons (Fsp3) is 0.941. The molecule has 21 heavy (non-hydrogen) atoms. The Morgan fingerprint density at radius 2 is 1.67 bits per heavy atom. The summed E-state index contributed by atoms with van der Waals surface area (Å²) in [4.78, 5) is 14.8. The van der Waals surface area contributed by atoms with Gasteiger partial charge in [0.05, 0.1) is 6.04 Å². The van der Waals surface area contributed by atoms with Gasteiger partial charge in [0.15, 0.2) is 0 Å². The van der Waals surface area contributed by atoms with Crippen molar-refractivity contribution in [3.05, 3.63) is 0 Å². The van der Waals surface area contributed by atoms with Gasteiger partial charge >= 0.3 is 0 Å².